The second kappa shape index (κ2) is 7.03. The zero-order chi connectivity index (χ0) is 19.8. The van der Waals surface area contributed by atoms with Gasteiger partial charge in [-0.3, -0.25) is 0 Å². The van der Waals surface area contributed by atoms with Crippen LogP contribution in [0.2, 0.25) is 0 Å². The lowest BCUT2D eigenvalue weighted by Gasteiger charge is -2.51. The molecule has 1 aliphatic carbocycles. The van der Waals surface area contributed by atoms with Crippen molar-refractivity contribution < 1.29 is 9.47 Å². The fourth-order valence-corrected chi connectivity index (χ4v) is 4.96. The summed E-state index contributed by atoms with van der Waals surface area (Å²) in [5, 5.41) is 9.29. The molecule has 3 aliphatic heterocycles. The van der Waals surface area contributed by atoms with Gasteiger partial charge in [-0.1, -0.05) is 24.3 Å². The number of rotatable bonds is 2. The molecule has 5 heteroatoms. The minimum atomic E-state index is -0.0142. The van der Waals surface area contributed by atoms with E-state index in [0.29, 0.717) is 18.2 Å². The standard InChI is InChI=1S/C24H21N3O2/c1-26-18-4-2-3-16(11-18)17-5-6-22-20(12-17)21(27-15-25)13-23(29-22)24-9-7-19(8-10-24)28-14-24/h2-6,11-12,19,23H,7-10,13-14H2/b27-21+. The van der Waals surface area contributed by atoms with Crippen molar-refractivity contribution in [1.29, 1.82) is 5.26 Å². The van der Waals surface area contributed by atoms with Crippen molar-refractivity contribution in [1.82, 2.24) is 0 Å². The highest BCUT2D eigenvalue weighted by Gasteiger charge is 2.49. The fraction of sp³-hybridized carbons (Fsp3) is 0.375. The van der Waals surface area contributed by atoms with Crippen molar-refractivity contribution in [2.45, 2.75) is 44.3 Å². The van der Waals surface area contributed by atoms with Crippen LogP contribution in [0.1, 0.15) is 37.7 Å². The molecule has 3 fully saturated rings. The Morgan fingerprint density at radius 2 is 1.97 bits per heavy atom. The van der Waals surface area contributed by atoms with E-state index >= 15 is 0 Å². The van der Waals surface area contributed by atoms with Crippen LogP contribution in [0, 0.1) is 23.4 Å². The highest BCUT2D eigenvalue weighted by molar-refractivity contribution is 6.05. The van der Waals surface area contributed by atoms with Gasteiger partial charge in [-0.25, -0.2) is 4.85 Å². The Morgan fingerprint density at radius 1 is 1.14 bits per heavy atom. The Kier molecular flexibility index (Phi) is 4.34. The number of ether oxygens (including phenoxy) is 2. The van der Waals surface area contributed by atoms with Gasteiger partial charge in [0, 0.05) is 17.4 Å². The molecule has 144 valence electrons. The summed E-state index contributed by atoms with van der Waals surface area (Å²) < 4.78 is 12.5. The van der Waals surface area contributed by atoms with E-state index in [0.717, 1.165) is 60.4 Å². The largest absolute Gasteiger partial charge is 0.489 e. The van der Waals surface area contributed by atoms with Gasteiger partial charge >= 0.3 is 0 Å². The number of aliphatic imine (C=N–C) groups is 1. The van der Waals surface area contributed by atoms with E-state index < -0.39 is 0 Å². The van der Waals surface area contributed by atoms with Gasteiger partial charge in [-0.05, 0) is 55.0 Å². The second-order valence-electron chi connectivity index (χ2n) is 8.21. The van der Waals surface area contributed by atoms with Gasteiger partial charge < -0.3 is 9.47 Å². The van der Waals surface area contributed by atoms with Gasteiger partial charge in [0.1, 0.15) is 11.9 Å². The molecule has 5 nitrogen and oxygen atoms in total. The third-order valence-electron chi connectivity index (χ3n) is 6.65. The number of benzene rings is 2. The van der Waals surface area contributed by atoms with Crippen LogP contribution in [-0.4, -0.2) is 24.5 Å². The van der Waals surface area contributed by atoms with Gasteiger partial charge in [-0.15, -0.1) is 0 Å². The second-order valence-corrected chi connectivity index (χ2v) is 8.21. The lowest BCUT2D eigenvalue weighted by molar-refractivity contribution is -0.152. The molecule has 1 atom stereocenters. The molecule has 0 spiro atoms. The van der Waals surface area contributed by atoms with Crippen LogP contribution < -0.4 is 4.74 Å². The number of nitrogens with zero attached hydrogens (tertiary/aromatic N) is 3. The highest BCUT2D eigenvalue weighted by atomic mass is 16.5. The van der Waals surface area contributed by atoms with Crippen LogP contribution >= 0.6 is 0 Å². The zero-order valence-electron chi connectivity index (χ0n) is 16.1. The number of fused-ring (bicyclic) bond motifs is 4. The average molecular weight is 383 g/mol. The van der Waals surface area contributed by atoms with Crippen molar-refractivity contribution in [2.24, 2.45) is 10.4 Å². The molecule has 0 aromatic heterocycles. The molecule has 2 saturated heterocycles. The van der Waals surface area contributed by atoms with Crippen molar-refractivity contribution >= 4 is 11.4 Å². The van der Waals surface area contributed by atoms with Crippen molar-refractivity contribution in [3.63, 3.8) is 0 Å². The first-order chi connectivity index (χ1) is 14.2. The Labute approximate surface area is 170 Å². The first kappa shape index (κ1) is 17.9. The van der Waals surface area contributed by atoms with Gasteiger partial charge in [0.05, 0.1) is 25.0 Å². The fourth-order valence-electron chi connectivity index (χ4n) is 4.96. The molecule has 29 heavy (non-hydrogen) atoms. The van der Waals surface area contributed by atoms with Crippen molar-refractivity contribution in [2.75, 3.05) is 6.61 Å². The van der Waals surface area contributed by atoms with Crippen LogP contribution in [0.3, 0.4) is 0 Å². The molecule has 2 bridgehead atoms. The number of hydrogen-bond donors (Lipinski definition) is 0. The monoisotopic (exact) mass is 383 g/mol. The first-order valence-electron chi connectivity index (χ1n) is 10.1. The maximum atomic E-state index is 9.29. The molecule has 2 aromatic carbocycles. The molecule has 0 N–H and O–H groups in total. The van der Waals surface area contributed by atoms with Crippen LogP contribution in [0.5, 0.6) is 5.75 Å². The lowest BCUT2D eigenvalue weighted by atomic mass is 9.66. The van der Waals surface area contributed by atoms with Crippen LogP contribution in [-0.2, 0) is 4.74 Å². The van der Waals surface area contributed by atoms with E-state index in [9.17, 15) is 5.26 Å². The summed E-state index contributed by atoms with van der Waals surface area (Å²) in [5.41, 5.74) is 4.23. The third kappa shape index (κ3) is 3.09. The molecule has 4 aliphatic rings. The first-order valence-corrected chi connectivity index (χ1v) is 10.1. The third-order valence-corrected chi connectivity index (χ3v) is 6.65. The van der Waals surface area contributed by atoms with E-state index in [2.05, 4.69) is 9.84 Å². The number of nitriles is 1. The predicted molar refractivity (Wildman–Crippen MR) is 110 cm³/mol. The highest BCUT2D eigenvalue weighted by Crippen LogP contribution is 2.49. The molecule has 3 heterocycles. The number of hydrogen-bond acceptors (Lipinski definition) is 4. The summed E-state index contributed by atoms with van der Waals surface area (Å²) in [6, 6.07) is 13.6. The summed E-state index contributed by atoms with van der Waals surface area (Å²) in [7, 11) is 0. The van der Waals surface area contributed by atoms with Gasteiger partial charge in [0.2, 0.25) is 6.19 Å². The normalized spacial score (nSPS) is 28.8. The Morgan fingerprint density at radius 3 is 2.69 bits per heavy atom. The van der Waals surface area contributed by atoms with E-state index in [-0.39, 0.29) is 11.5 Å². The Bertz CT molecular complexity index is 1050. The summed E-state index contributed by atoms with van der Waals surface area (Å²) in [6.45, 7) is 7.98. The molecule has 6 rings (SSSR count). The lowest BCUT2D eigenvalue weighted by Crippen LogP contribution is -2.53. The van der Waals surface area contributed by atoms with Crippen molar-refractivity contribution in [3.05, 3.63) is 59.4 Å². The van der Waals surface area contributed by atoms with E-state index in [1.807, 2.05) is 42.6 Å². The van der Waals surface area contributed by atoms with Crippen LogP contribution in [0.4, 0.5) is 5.69 Å². The van der Waals surface area contributed by atoms with E-state index in [1.54, 1.807) is 6.07 Å². The molecular weight excluding hydrogens is 362 g/mol. The minimum absolute atomic E-state index is 0.0142. The van der Waals surface area contributed by atoms with E-state index in [1.165, 1.54) is 0 Å². The quantitative estimate of drug-likeness (QED) is 0.523. The minimum Gasteiger partial charge on any atom is -0.489 e. The predicted octanol–water partition coefficient (Wildman–Crippen LogP) is 5.28. The van der Waals surface area contributed by atoms with Gasteiger partial charge in [0.25, 0.3) is 0 Å². The van der Waals surface area contributed by atoms with Crippen LogP contribution in [0.25, 0.3) is 16.0 Å². The smallest absolute Gasteiger partial charge is 0.205 e. The Hall–Kier alpha value is -3.15. The Balaban J connectivity index is 1.52. The maximum absolute atomic E-state index is 9.29. The topological polar surface area (TPSA) is 59.0 Å². The molecule has 2 aromatic rings. The maximum Gasteiger partial charge on any atom is 0.205 e. The summed E-state index contributed by atoms with van der Waals surface area (Å²) in [4.78, 5) is 7.69. The molecular formula is C24H21N3O2. The summed E-state index contributed by atoms with van der Waals surface area (Å²) >= 11 is 0. The van der Waals surface area contributed by atoms with Gasteiger partial charge in [0.15, 0.2) is 5.69 Å². The summed E-state index contributed by atoms with van der Waals surface area (Å²) in [6.07, 6.45) is 7.41. The SMILES string of the molecule is [C-]#[N+]c1cccc(-c2ccc3c(c2)/C(=N/C#N)CC(C24CCC(CC2)OC4)O3)c1. The molecule has 1 unspecified atom stereocenters. The van der Waals surface area contributed by atoms with E-state index in [4.69, 9.17) is 16.0 Å². The summed E-state index contributed by atoms with van der Waals surface area (Å²) in [5.74, 6) is 0.780. The van der Waals surface area contributed by atoms with Crippen LogP contribution in [0.15, 0.2) is 47.5 Å². The zero-order valence-corrected chi connectivity index (χ0v) is 16.1. The van der Waals surface area contributed by atoms with Gasteiger partial charge in [-0.2, -0.15) is 10.3 Å². The molecule has 0 amide bonds. The molecule has 1 saturated carbocycles. The molecule has 0 radical (unpaired) electrons. The van der Waals surface area contributed by atoms with Crippen molar-refractivity contribution in [3.8, 4) is 23.1 Å². The average Bonchev–Trinajstić information content (AvgIpc) is 2.80.